The predicted octanol–water partition coefficient (Wildman–Crippen LogP) is 1.82. The maximum atomic E-state index is 11.2. The van der Waals surface area contributed by atoms with Gasteiger partial charge in [0.2, 0.25) is 0 Å². The number of aromatic nitrogens is 1. The summed E-state index contributed by atoms with van der Waals surface area (Å²) in [4.78, 5) is 16.3. The minimum atomic E-state index is -0.488. The molecule has 0 aliphatic heterocycles. The topological polar surface area (TPSA) is 76.2 Å². The highest BCUT2D eigenvalue weighted by Crippen LogP contribution is 2.28. The number of carbonyl (C=O) groups is 1. The van der Waals surface area contributed by atoms with Crippen LogP contribution in [0.5, 0.6) is 0 Å². The fourth-order valence-electron chi connectivity index (χ4n) is 1.43. The third kappa shape index (κ3) is 2.88. The summed E-state index contributed by atoms with van der Waals surface area (Å²) in [5, 5.41) is 9.54. The number of benzene rings is 1. The van der Waals surface area contributed by atoms with Gasteiger partial charge in [0.05, 0.1) is 12.2 Å². The molecule has 18 heavy (non-hydrogen) atoms. The molecule has 2 rings (SSSR count). The summed E-state index contributed by atoms with van der Waals surface area (Å²) < 4.78 is 0. The predicted molar refractivity (Wildman–Crippen MR) is 69.2 cm³/mol. The molecule has 1 aromatic heterocycles. The molecule has 3 N–H and O–H groups in total. The highest BCUT2D eigenvalue weighted by atomic mass is 32.2. The van der Waals surface area contributed by atoms with Crippen molar-refractivity contribution in [2.24, 2.45) is 5.73 Å². The fraction of sp³-hybridized carbons (Fsp3) is 0.0769. The zero-order valence-corrected chi connectivity index (χ0v) is 10.4. The second-order valence-corrected chi connectivity index (χ2v) is 4.69. The molecule has 0 radical (unpaired) electrons. The van der Waals surface area contributed by atoms with Gasteiger partial charge >= 0.3 is 0 Å². The van der Waals surface area contributed by atoms with Crippen LogP contribution < -0.4 is 5.73 Å². The Labute approximate surface area is 109 Å². The number of nitrogens with two attached hydrogens (primary N) is 1. The van der Waals surface area contributed by atoms with E-state index in [1.54, 1.807) is 18.3 Å². The number of aliphatic hydroxyl groups excluding tert-OH is 1. The molecular weight excluding hydrogens is 248 g/mol. The highest BCUT2D eigenvalue weighted by molar-refractivity contribution is 7.99. The zero-order chi connectivity index (χ0) is 13.0. The van der Waals surface area contributed by atoms with Crippen molar-refractivity contribution in [3.8, 4) is 0 Å². The van der Waals surface area contributed by atoms with Gasteiger partial charge < -0.3 is 10.8 Å². The quantitative estimate of drug-likeness (QED) is 0.879. The van der Waals surface area contributed by atoms with Crippen LogP contribution in [0, 0.1) is 0 Å². The number of rotatable bonds is 4. The van der Waals surface area contributed by atoms with Crippen LogP contribution in [-0.2, 0) is 6.61 Å². The molecule has 0 fully saturated rings. The van der Waals surface area contributed by atoms with Crippen molar-refractivity contribution in [2.45, 2.75) is 16.5 Å². The normalized spacial score (nSPS) is 10.3. The molecule has 1 heterocycles. The smallest absolute Gasteiger partial charge is 0.251 e. The van der Waals surface area contributed by atoms with Crippen LogP contribution in [0.2, 0.25) is 0 Å². The van der Waals surface area contributed by atoms with Gasteiger partial charge in [0.15, 0.2) is 0 Å². The molecule has 0 aliphatic carbocycles. The Bertz CT molecular complexity index is 555. The van der Waals surface area contributed by atoms with E-state index < -0.39 is 5.91 Å². The van der Waals surface area contributed by atoms with E-state index in [1.165, 1.54) is 11.8 Å². The minimum absolute atomic E-state index is 0.0149. The molecule has 0 unspecified atom stereocenters. The number of carbonyl (C=O) groups excluding carboxylic acids is 1. The number of aliphatic hydroxyl groups is 1. The van der Waals surface area contributed by atoms with Crippen LogP contribution in [0.15, 0.2) is 52.5 Å². The summed E-state index contributed by atoms with van der Waals surface area (Å²) in [6.07, 6.45) is 1.62. The van der Waals surface area contributed by atoms with E-state index in [9.17, 15) is 4.79 Å². The van der Waals surface area contributed by atoms with Crippen molar-refractivity contribution in [1.29, 1.82) is 0 Å². The van der Waals surface area contributed by atoms with Crippen molar-refractivity contribution in [3.05, 3.63) is 53.7 Å². The van der Waals surface area contributed by atoms with Gasteiger partial charge in [-0.3, -0.25) is 4.79 Å². The van der Waals surface area contributed by atoms with Crippen LogP contribution in [0.1, 0.15) is 15.9 Å². The van der Waals surface area contributed by atoms with Gasteiger partial charge in [-0.25, -0.2) is 4.98 Å². The molecule has 2 aromatic rings. The Hall–Kier alpha value is -1.85. The lowest BCUT2D eigenvalue weighted by Crippen LogP contribution is -2.12. The van der Waals surface area contributed by atoms with Gasteiger partial charge in [0.25, 0.3) is 5.91 Å². The molecule has 92 valence electrons. The molecule has 0 spiro atoms. The summed E-state index contributed by atoms with van der Waals surface area (Å²) in [6.45, 7) is 0.0149. The first-order valence-electron chi connectivity index (χ1n) is 5.33. The number of amides is 1. The average molecular weight is 260 g/mol. The Morgan fingerprint density at radius 1 is 1.28 bits per heavy atom. The number of pyridine rings is 1. The zero-order valence-electron chi connectivity index (χ0n) is 9.54. The van der Waals surface area contributed by atoms with Crippen molar-refractivity contribution < 1.29 is 9.90 Å². The third-order valence-electron chi connectivity index (χ3n) is 2.36. The lowest BCUT2D eigenvalue weighted by molar-refractivity contribution is 0.0997. The van der Waals surface area contributed by atoms with Crippen molar-refractivity contribution in [2.75, 3.05) is 0 Å². The molecule has 4 nitrogen and oxygen atoms in total. The SMILES string of the molecule is NC(=O)c1cccnc1Sc1ccc(CO)cc1. The van der Waals surface area contributed by atoms with E-state index in [4.69, 9.17) is 10.8 Å². The monoisotopic (exact) mass is 260 g/mol. The second kappa shape index (κ2) is 5.66. The lowest BCUT2D eigenvalue weighted by Gasteiger charge is -2.05. The second-order valence-electron chi connectivity index (χ2n) is 3.62. The largest absolute Gasteiger partial charge is 0.392 e. The van der Waals surface area contributed by atoms with Crippen LogP contribution in [0.25, 0.3) is 0 Å². The molecule has 5 heteroatoms. The minimum Gasteiger partial charge on any atom is -0.392 e. The van der Waals surface area contributed by atoms with Gasteiger partial charge in [-0.2, -0.15) is 0 Å². The van der Waals surface area contributed by atoms with Crippen LogP contribution in [0.3, 0.4) is 0 Å². The average Bonchev–Trinajstić information content (AvgIpc) is 2.40. The van der Waals surface area contributed by atoms with Crippen LogP contribution in [-0.4, -0.2) is 16.0 Å². The Kier molecular flexibility index (Phi) is 3.96. The lowest BCUT2D eigenvalue weighted by atomic mass is 10.2. The van der Waals surface area contributed by atoms with E-state index in [-0.39, 0.29) is 6.61 Å². The molecule has 0 aliphatic rings. The van der Waals surface area contributed by atoms with Gasteiger partial charge in [0.1, 0.15) is 5.03 Å². The van der Waals surface area contributed by atoms with E-state index in [1.807, 2.05) is 24.3 Å². The highest BCUT2D eigenvalue weighted by Gasteiger charge is 2.09. The maximum absolute atomic E-state index is 11.2. The Morgan fingerprint density at radius 2 is 2.00 bits per heavy atom. The number of primary amides is 1. The van der Waals surface area contributed by atoms with Gasteiger partial charge in [-0.1, -0.05) is 23.9 Å². The van der Waals surface area contributed by atoms with E-state index in [2.05, 4.69) is 4.98 Å². The molecule has 0 saturated carbocycles. The Balaban J connectivity index is 2.25. The number of hydrogen-bond acceptors (Lipinski definition) is 4. The molecule has 0 bridgehead atoms. The molecule has 0 saturated heterocycles. The van der Waals surface area contributed by atoms with Crippen molar-refractivity contribution >= 4 is 17.7 Å². The first-order valence-corrected chi connectivity index (χ1v) is 6.15. The first kappa shape index (κ1) is 12.6. The molecule has 1 aromatic carbocycles. The summed E-state index contributed by atoms with van der Waals surface area (Å²) >= 11 is 1.37. The van der Waals surface area contributed by atoms with Crippen molar-refractivity contribution in [1.82, 2.24) is 4.98 Å². The van der Waals surface area contributed by atoms with Crippen LogP contribution >= 0.6 is 11.8 Å². The fourth-order valence-corrected chi connectivity index (χ4v) is 2.32. The summed E-state index contributed by atoms with van der Waals surface area (Å²) in [5.74, 6) is -0.488. The summed E-state index contributed by atoms with van der Waals surface area (Å²) in [6, 6.07) is 10.7. The number of hydrogen-bond donors (Lipinski definition) is 2. The van der Waals surface area contributed by atoms with Gasteiger partial charge in [0, 0.05) is 11.1 Å². The Morgan fingerprint density at radius 3 is 2.61 bits per heavy atom. The van der Waals surface area contributed by atoms with Crippen LogP contribution in [0.4, 0.5) is 0 Å². The standard InChI is InChI=1S/C13H12N2O2S/c14-12(17)11-2-1-7-15-13(11)18-10-5-3-9(8-16)4-6-10/h1-7,16H,8H2,(H2,14,17). The third-order valence-corrected chi connectivity index (χ3v) is 3.38. The van der Waals surface area contributed by atoms with E-state index >= 15 is 0 Å². The number of nitrogens with zero attached hydrogens (tertiary/aromatic N) is 1. The summed E-state index contributed by atoms with van der Waals surface area (Å²) in [5.41, 5.74) is 6.54. The van der Waals surface area contributed by atoms with E-state index in [0.717, 1.165) is 10.5 Å². The van der Waals surface area contributed by atoms with Gasteiger partial charge in [-0.15, -0.1) is 0 Å². The van der Waals surface area contributed by atoms with Gasteiger partial charge in [-0.05, 0) is 29.8 Å². The molecular formula is C13H12N2O2S. The maximum Gasteiger partial charge on any atom is 0.251 e. The molecule has 1 amide bonds. The molecule has 0 atom stereocenters. The van der Waals surface area contributed by atoms with E-state index in [0.29, 0.717) is 10.6 Å². The first-order chi connectivity index (χ1) is 8.70. The summed E-state index contributed by atoms with van der Waals surface area (Å²) in [7, 11) is 0. The van der Waals surface area contributed by atoms with Crippen molar-refractivity contribution in [3.63, 3.8) is 0 Å².